The van der Waals surface area contributed by atoms with Gasteiger partial charge in [0, 0.05) is 4.47 Å². The normalized spacial score (nSPS) is 10.3. The molecule has 15 heavy (non-hydrogen) atoms. The van der Waals surface area contributed by atoms with E-state index in [-0.39, 0.29) is 0 Å². The first-order chi connectivity index (χ1) is 7.24. The maximum atomic E-state index is 5.71. The van der Waals surface area contributed by atoms with Gasteiger partial charge in [0.2, 0.25) is 0 Å². The van der Waals surface area contributed by atoms with E-state index >= 15 is 0 Å². The van der Waals surface area contributed by atoms with E-state index in [9.17, 15) is 0 Å². The van der Waals surface area contributed by atoms with Crippen LogP contribution in [-0.2, 0) is 0 Å². The maximum Gasteiger partial charge on any atom is 0.123 e. The summed E-state index contributed by atoms with van der Waals surface area (Å²) in [6, 6.07) is 6.12. The van der Waals surface area contributed by atoms with Crippen molar-refractivity contribution in [1.82, 2.24) is 0 Å². The molecule has 0 heterocycles. The molecule has 0 radical (unpaired) electrons. The van der Waals surface area contributed by atoms with Crippen molar-refractivity contribution >= 4 is 28.6 Å². The molecular formula is C12H17BrOS. The minimum atomic E-state index is 0.797. The molecule has 0 amide bonds. The summed E-state index contributed by atoms with van der Waals surface area (Å²) in [4.78, 5) is 0. The Kier molecular flexibility index (Phi) is 6.18. The van der Waals surface area contributed by atoms with Crippen LogP contribution in [0.15, 0.2) is 22.7 Å². The van der Waals surface area contributed by atoms with Gasteiger partial charge in [0.1, 0.15) is 5.75 Å². The second-order valence-corrected chi connectivity index (χ2v) is 4.91. The van der Waals surface area contributed by atoms with Crippen LogP contribution in [0, 0.1) is 6.92 Å². The van der Waals surface area contributed by atoms with Crippen molar-refractivity contribution in [3.8, 4) is 5.75 Å². The fourth-order valence-electron chi connectivity index (χ4n) is 1.30. The summed E-state index contributed by atoms with van der Waals surface area (Å²) in [7, 11) is 0. The summed E-state index contributed by atoms with van der Waals surface area (Å²) < 4.78 is 6.78. The van der Waals surface area contributed by atoms with Crippen LogP contribution >= 0.6 is 28.6 Å². The minimum Gasteiger partial charge on any atom is -0.493 e. The van der Waals surface area contributed by atoms with Crippen LogP contribution in [0.5, 0.6) is 5.75 Å². The molecule has 84 valence electrons. The van der Waals surface area contributed by atoms with E-state index in [0.29, 0.717) is 0 Å². The summed E-state index contributed by atoms with van der Waals surface area (Å²) in [5.74, 6) is 1.95. The van der Waals surface area contributed by atoms with Crippen molar-refractivity contribution in [3.63, 3.8) is 0 Å². The highest BCUT2D eigenvalue weighted by atomic mass is 79.9. The van der Waals surface area contributed by atoms with E-state index in [0.717, 1.165) is 29.0 Å². The molecule has 0 aliphatic carbocycles. The number of aryl methyl sites for hydroxylation is 1. The number of hydrogen-bond acceptors (Lipinski definition) is 2. The number of unbranched alkanes of at least 4 members (excludes halogenated alkanes) is 2. The van der Waals surface area contributed by atoms with Gasteiger partial charge >= 0.3 is 0 Å². The van der Waals surface area contributed by atoms with Crippen molar-refractivity contribution in [2.45, 2.75) is 26.2 Å². The molecule has 3 heteroatoms. The molecule has 0 spiro atoms. The lowest BCUT2D eigenvalue weighted by Gasteiger charge is -2.09. The number of halogens is 1. The van der Waals surface area contributed by atoms with Crippen LogP contribution in [0.3, 0.4) is 0 Å². The highest BCUT2D eigenvalue weighted by Crippen LogP contribution is 2.23. The Morgan fingerprint density at radius 3 is 2.80 bits per heavy atom. The molecule has 0 saturated carbocycles. The molecule has 1 nitrogen and oxygen atoms in total. The average Bonchev–Trinajstić information content (AvgIpc) is 2.23. The molecular weight excluding hydrogens is 272 g/mol. The number of rotatable bonds is 6. The fourth-order valence-corrected chi connectivity index (χ4v) is 1.87. The Morgan fingerprint density at radius 1 is 1.27 bits per heavy atom. The van der Waals surface area contributed by atoms with E-state index in [1.807, 2.05) is 12.1 Å². The summed E-state index contributed by atoms with van der Waals surface area (Å²) in [5.41, 5.74) is 1.19. The second-order valence-electron chi connectivity index (χ2n) is 3.54. The van der Waals surface area contributed by atoms with Gasteiger partial charge in [-0.2, -0.15) is 12.6 Å². The Hall–Kier alpha value is -0.150. The molecule has 0 bridgehead atoms. The zero-order valence-electron chi connectivity index (χ0n) is 9.00. The van der Waals surface area contributed by atoms with Crippen molar-refractivity contribution in [2.75, 3.05) is 12.4 Å². The highest BCUT2D eigenvalue weighted by molar-refractivity contribution is 9.10. The molecule has 0 aliphatic rings. The van der Waals surface area contributed by atoms with Gasteiger partial charge in [0.25, 0.3) is 0 Å². The Bertz CT molecular complexity index is 302. The predicted molar refractivity (Wildman–Crippen MR) is 72.1 cm³/mol. The standard InChI is InChI=1S/C12H17BrOS/c1-10-5-6-11(13)9-12(10)14-7-3-2-4-8-15/h5-6,9,15H,2-4,7-8H2,1H3. The third kappa shape index (κ3) is 4.94. The van der Waals surface area contributed by atoms with Crippen molar-refractivity contribution < 1.29 is 4.74 Å². The van der Waals surface area contributed by atoms with E-state index in [1.54, 1.807) is 0 Å². The SMILES string of the molecule is Cc1ccc(Br)cc1OCCCCCS. The molecule has 0 unspecified atom stereocenters. The first-order valence-corrected chi connectivity index (χ1v) is 6.66. The molecule has 0 aliphatic heterocycles. The predicted octanol–water partition coefficient (Wildman–Crippen LogP) is 4.24. The highest BCUT2D eigenvalue weighted by Gasteiger charge is 1.99. The first kappa shape index (κ1) is 12.9. The number of ether oxygens (including phenoxy) is 1. The second kappa shape index (κ2) is 7.18. The summed E-state index contributed by atoms with van der Waals surface area (Å²) in [5, 5.41) is 0. The quantitative estimate of drug-likeness (QED) is 0.609. The van der Waals surface area contributed by atoms with Gasteiger partial charge in [-0.1, -0.05) is 22.0 Å². The zero-order valence-corrected chi connectivity index (χ0v) is 11.5. The van der Waals surface area contributed by atoms with Crippen molar-refractivity contribution in [3.05, 3.63) is 28.2 Å². The van der Waals surface area contributed by atoms with E-state index in [2.05, 4.69) is 41.5 Å². The van der Waals surface area contributed by atoms with Crippen LogP contribution in [0.4, 0.5) is 0 Å². The van der Waals surface area contributed by atoms with Gasteiger partial charge in [0.05, 0.1) is 6.61 Å². The monoisotopic (exact) mass is 288 g/mol. The van der Waals surface area contributed by atoms with Gasteiger partial charge in [-0.25, -0.2) is 0 Å². The number of hydrogen-bond donors (Lipinski definition) is 1. The lowest BCUT2D eigenvalue weighted by atomic mass is 10.2. The third-order valence-corrected chi connectivity index (χ3v) is 3.02. The topological polar surface area (TPSA) is 9.23 Å². The lowest BCUT2D eigenvalue weighted by Crippen LogP contribution is -1.99. The van der Waals surface area contributed by atoms with Crippen LogP contribution in [0.2, 0.25) is 0 Å². The molecule has 1 aromatic carbocycles. The summed E-state index contributed by atoms with van der Waals surface area (Å²) in [6.07, 6.45) is 3.47. The van der Waals surface area contributed by atoms with E-state index < -0.39 is 0 Å². The van der Waals surface area contributed by atoms with Gasteiger partial charge in [-0.15, -0.1) is 0 Å². The maximum absolute atomic E-state index is 5.71. The van der Waals surface area contributed by atoms with Gasteiger partial charge in [-0.3, -0.25) is 0 Å². The fraction of sp³-hybridized carbons (Fsp3) is 0.500. The minimum absolute atomic E-state index is 0.797. The smallest absolute Gasteiger partial charge is 0.123 e. The van der Waals surface area contributed by atoms with E-state index in [4.69, 9.17) is 4.74 Å². The van der Waals surface area contributed by atoms with Crippen molar-refractivity contribution in [2.24, 2.45) is 0 Å². The molecule has 0 saturated heterocycles. The van der Waals surface area contributed by atoms with E-state index in [1.165, 1.54) is 18.4 Å². The summed E-state index contributed by atoms with van der Waals surface area (Å²) >= 11 is 7.62. The van der Waals surface area contributed by atoms with Gasteiger partial charge in [0.15, 0.2) is 0 Å². The van der Waals surface area contributed by atoms with Gasteiger partial charge < -0.3 is 4.74 Å². The van der Waals surface area contributed by atoms with Crippen LogP contribution in [0.25, 0.3) is 0 Å². The molecule has 0 aromatic heterocycles. The molecule has 1 aromatic rings. The number of benzene rings is 1. The number of thiol groups is 1. The molecule has 0 atom stereocenters. The zero-order chi connectivity index (χ0) is 11.1. The lowest BCUT2D eigenvalue weighted by molar-refractivity contribution is 0.304. The summed E-state index contributed by atoms with van der Waals surface area (Å²) in [6.45, 7) is 2.86. The third-order valence-electron chi connectivity index (χ3n) is 2.21. The molecule has 0 N–H and O–H groups in total. The molecule has 0 fully saturated rings. The Balaban J connectivity index is 2.33. The van der Waals surface area contributed by atoms with Crippen molar-refractivity contribution in [1.29, 1.82) is 0 Å². The van der Waals surface area contributed by atoms with Crippen LogP contribution < -0.4 is 4.74 Å². The first-order valence-electron chi connectivity index (χ1n) is 5.24. The Labute approximate surface area is 106 Å². The Morgan fingerprint density at radius 2 is 2.07 bits per heavy atom. The van der Waals surface area contributed by atoms with Gasteiger partial charge in [-0.05, 0) is 49.6 Å². The average molecular weight is 289 g/mol. The van der Waals surface area contributed by atoms with Crippen LogP contribution in [-0.4, -0.2) is 12.4 Å². The largest absolute Gasteiger partial charge is 0.493 e. The molecule has 1 rings (SSSR count). The van der Waals surface area contributed by atoms with Crippen LogP contribution in [0.1, 0.15) is 24.8 Å².